The van der Waals surface area contributed by atoms with Crippen LogP contribution in [0.3, 0.4) is 0 Å². The van der Waals surface area contributed by atoms with E-state index in [9.17, 15) is 0 Å². The van der Waals surface area contributed by atoms with Crippen molar-refractivity contribution in [3.05, 3.63) is 47.9 Å². The lowest BCUT2D eigenvalue weighted by Gasteiger charge is -2.32. The van der Waals surface area contributed by atoms with Crippen molar-refractivity contribution >= 4 is 24.0 Å². The molecule has 0 spiro atoms. The topological polar surface area (TPSA) is 27.7 Å². The van der Waals surface area contributed by atoms with E-state index in [1.54, 1.807) is 7.11 Å². The van der Waals surface area contributed by atoms with Crippen LogP contribution < -0.4 is 4.74 Å². The van der Waals surface area contributed by atoms with Gasteiger partial charge in [-0.2, -0.15) is 0 Å². The first kappa shape index (κ1) is 16.1. The third-order valence-corrected chi connectivity index (χ3v) is 4.79. The van der Waals surface area contributed by atoms with Crippen LogP contribution in [0.2, 0.25) is 0 Å². The SMILES string of the molecule is COc1ccc2cc(/C=C/B3OC(C)(C)C(C)(C)O3)ccc2c1. The molecule has 120 valence electrons. The summed E-state index contributed by atoms with van der Waals surface area (Å²) in [6.07, 6.45) is 2.05. The van der Waals surface area contributed by atoms with E-state index in [0.717, 1.165) is 16.7 Å². The Morgan fingerprint density at radius 1 is 0.913 bits per heavy atom. The molecule has 1 aliphatic heterocycles. The van der Waals surface area contributed by atoms with Crippen molar-refractivity contribution in [1.29, 1.82) is 0 Å². The van der Waals surface area contributed by atoms with Gasteiger partial charge in [-0.15, -0.1) is 0 Å². The predicted octanol–water partition coefficient (Wildman–Crippen LogP) is 4.49. The zero-order valence-corrected chi connectivity index (χ0v) is 14.4. The first-order chi connectivity index (χ1) is 10.8. The van der Waals surface area contributed by atoms with Crippen LogP contribution in [0.4, 0.5) is 0 Å². The monoisotopic (exact) mass is 310 g/mol. The molecule has 1 heterocycles. The molecule has 0 amide bonds. The van der Waals surface area contributed by atoms with E-state index in [4.69, 9.17) is 14.0 Å². The molecular formula is C19H23BO3. The number of hydrogen-bond acceptors (Lipinski definition) is 3. The van der Waals surface area contributed by atoms with E-state index in [2.05, 4.69) is 52.0 Å². The molecule has 3 nitrogen and oxygen atoms in total. The molecular weight excluding hydrogens is 287 g/mol. The molecule has 0 unspecified atom stereocenters. The summed E-state index contributed by atoms with van der Waals surface area (Å²) in [5.41, 5.74) is 0.515. The second kappa shape index (κ2) is 5.70. The van der Waals surface area contributed by atoms with Crippen LogP contribution in [0.5, 0.6) is 5.75 Å². The van der Waals surface area contributed by atoms with Crippen molar-refractivity contribution in [1.82, 2.24) is 0 Å². The van der Waals surface area contributed by atoms with Gasteiger partial charge in [0, 0.05) is 0 Å². The summed E-state index contributed by atoms with van der Waals surface area (Å²) in [7, 11) is 1.37. The highest BCUT2D eigenvalue weighted by molar-refractivity contribution is 6.52. The van der Waals surface area contributed by atoms with Crippen molar-refractivity contribution in [3.63, 3.8) is 0 Å². The van der Waals surface area contributed by atoms with Gasteiger partial charge in [0.25, 0.3) is 0 Å². The normalized spacial score (nSPS) is 19.6. The highest BCUT2D eigenvalue weighted by Gasteiger charge is 2.49. The molecule has 0 N–H and O–H groups in total. The molecule has 0 radical (unpaired) electrons. The quantitative estimate of drug-likeness (QED) is 0.782. The molecule has 0 aromatic heterocycles. The zero-order valence-electron chi connectivity index (χ0n) is 14.4. The molecule has 2 aromatic carbocycles. The Morgan fingerprint density at radius 2 is 1.52 bits per heavy atom. The average Bonchev–Trinajstić information content (AvgIpc) is 2.72. The van der Waals surface area contributed by atoms with Gasteiger partial charge in [-0.3, -0.25) is 0 Å². The van der Waals surface area contributed by atoms with Crippen LogP contribution in [0, 0.1) is 0 Å². The molecule has 0 saturated carbocycles. The number of ether oxygens (including phenoxy) is 1. The van der Waals surface area contributed by atoms with Crippen LogP contribution in [-0.2, 0) is 9.31 Å². The maximum atomic E-state index is 5.98. The summed E-state index contributed by atoms with van der Waals surface area (Å²) in [4.78, 5) is 0. The predicted molar refractivity (Wildman–Crippen MR) is 95.6 cm³/mol. The zero-order chi connectivity index (χ0) is 16.7. The number of benzene rings is 2. The van der Waals surface area contributed by atoms with Crippen molar-refractivity contribution in [2.24, 2.45) is 0 Å². The van der Waals surface area contributed by atoms with Crippen molar-refractivity contribution < 1.29 is 14.0 Å². The first-order valence-electron chi connectivity index (χ1n) is 7.92. The minimum atomic E-state index is -0.313. The van der Waals surface area contributed by atoms with Crippen molar-refractivity contribution in [2.45, 2.75) is 38.9 Å². The Balaban J connectivity index is 1.79. The summed E-state index contributed by atoms with van der Waals surface area (Å²) < 4.78 is 17.2. The molecule has 0 atom stereocenters. The fraction of sp³-hybridized carbons (Fsp3) is 0.368. The van der Waals surface area contributed by atoms with E-state index in [0.29, 0.717) is 0 Å². The fourth-order valence-electron chi connectivity index (χ4n) is 2.63. The average molecular weight is 310 g/mol. The fourth-order valence-corrected chi connectivity index (χ4v) is 2.63. The minimum absolute atomic E-state index is 0.304. The molecule has 2 aromatic rings. The summed E-state index contributed by atoms with van der Waals surface area (Å²) in [5.74, 6) is 2.85. The molecule has 1 saturated heterocycles. The Kier molecular flexibility index (Phi) is 3.99. The Labute approximate surface area is 138 Å². The Hall–Kier alpha value is -1.78. The molecule has 4 heteroatoms. The lowest BCUT2D eigenvalue weighted by molar-refractivity contribution is 0.00578. The number of methoxy groups -OCH3 is 1. The lowest BCUT2D eigenvalue weighted by Crippen LogP contribution is -2.41. The molecule has 1 aliphatic rings. The van der Waals surface area contributed by atoms with Crippen LogP contribution in [0.1, 0.15) is 33.3 Å². The van der Waals surface area contributed by atoms with Crippen molar-refractivity contribution in [2.75, 3.05) is 7.11 Å². The smallest absolute Gasteiger partial charge is 0.487 e. The van der Waals surface area contributed by atoms with Gasteiger partial charge in [0.2, 0.25) is 0 Å². The largest absolute Gasteiger partial charge is 0.497 e. The summed E-state index contributed by atoms with van der Waals surface area (Å²) in [6.45, 7) is 8.24. The van der Waals surface area contributed by atoms with Gasteiger partial charge in [0.1, 0.15) is 5.75 Å². The second-order valence-corrected chi connectivity index (χ2v) is 6.96. The summed E-state index contributed by atoms with van der Waals surface area (Å²) in [5, 5.41) is 2.35. The second-order valence-electron chi connectivity index (χ2n) is 6.96. The van der Waals surface area contributed by atoms with Crippen molar-refractivity contribution in [3.8, 4) is 5.75 Å². The highest BCUT2D eigenvalue weighted by atomic mass is 16.7. The third-order valence-electron chi connectivity index (χ3n) is 4.79. The van der Waals surface area contributed by atoms with Gasteiger partial charge in [0.05, 0.1) is 18.3 Å². The number of rotatable bonds is 3. The Morgan fingerprint density at radius 3 is 2.17 bits per heavy atom. The molecule has 0 aliphatic carbocycles. The van der Waals surface area contributed by atoms with Gasteiger partial charge in [-0.1, -0.05) is 30.3 Å². The van der Waals surface area contributed by atoms with Gasteiger partial charge in [0.15, 0.2) is 0 Å². The molecule has 0 bridgehead atoms. The number of fused-ring (bicyclic) bond motifs is 1. The molecule has 3 rings (SSSR count). The van der Waals surface area contributed by atoms with Crippen LogP contribution in [-0.4, -0.2) is 25.4 Å². The van der Waals surface area contributed by atoms with Crippen LogP contribution in [0.25, 0.3) is 16.8 Å². The standard InChI is InChI=1S/C19H23BO3/c1-18(2)19(3,4)23-20(22-18)11-10-14-6-7-16-13-17(21-5)9-8-15(16)12-14/h6-13H,1-5H3/b11-10+. The van der Waals surface area contributed by atoms with Gasteiger partial charge in [-0.05, 0) is 62.2 Å². The maximum Gasteiger partial charge on any atom is 0.487 e. The van der Waals surface area contributed by atoms with E-state index in [1.165, 1.54) is 5.39 Å². The van der Waals surface area contributed by atoms with Gasteiger partial charge < -0.3 is 14.0 Å². The van der Waals surface area contributed by atoms with E-state index in [-0.39, 0.29) is 18.3 Å². The van der Waals surface area contributed by atoms with Gasteiger partial charge >= 0.3 is 7.12 Å². The van der Waals surface area contributed by atoms with E-state index in [1.807, 2.05) is 24.2 Å². The van der Waals surface area contributed by atoms with Crippen LogP contribution in [0.15, 0.2) is 42.4 Å². The third kappa shape index (κ3) is 3.14. The van der Waals surface area contributed by atoms with E-state index < -0.39 is 0 Å². The highest BCUT2D eigenvalue weighted by Crippen LogP contribution is 2.37. The van der Waals surface area contributed by atoms with Crippen LogP contribution >= 0.6 is 0 Å². The summed E-state index contributed by atoms with van der Waals surface area (Å²) >= 11 is 0. The maximum absolute atomic E-state index is 5.98. The minimum Gasteiger partial charge on any atom is -0.497 e. The van der Waals surface area contributed by atoms with E-state index >= 15 is 0 Å². The summed E-state index contributed by atoms with van der Waals surface area (Å²) in [6, 6.07) is 12.4. The Bertz CT molecular complexity index is 733. The first-order valence-corrected chi connectivity index (χ1v) is 7.92. The molecule has 1 fully saturated rings. The number of hydrogen-bond donors (Lipinski definition) is 0. The lowest BCUT2D eigenvalue weighted by atomic mass is 9.89. The molecule has 23 heavy (non-hydrogen) atoms. The van der Waals surface area contributed by atoms with Gasteiger partial charge in [-0.25, -0.2) is 0 Å².